The molecule has 0 saturated carbocycles. The summed E-state index contributed by atoms with van der Waals surface area (Å²) in [6, 6.07) is 12.3. The highest BCUT2D eigenvalue weighted by Crippen LogP contribution is 2.30. The summed E-state index contributed by atoms with van der Waals surface area (Å²) in [5.41, 5.74) is 1.53. The van der Waals surface area contributed by atoms with Crippen molar-refractivity contribution in [1.29, 1.82) is 0 Å². The van der Waals surface area contributed by atoms with Crippen LogP contribution < -0.4 is 10.1 Å². The van der Waals surface area contributed by atoms with Crippen molar-refractivity contribution in [3.63, 3.8) is 0 Å². The average Bonchev–Trinajstić information content (AvgIpc) is 2.41. The molecule has 0 spiro atoms. The summed E-state index contributed by atoms with van der Waals surface area (Å²) in [5, 5.41) is 3.26. The fraction of sp³-hybridized carbons (Fsp3) is 0.200. The van der Waals surface area contributed by atoms with Gasteiger partial charge in [0, 0.05) is 17.3 Å². The van der Waals surface area contributed by atoms with E-state index in [-0.39, 0.29) is 11.9 Å². The molecule has 4 heteroatoms. The first-order valence-electron chi connectivity index (χ1n) is 5.96. The van der Waals surface area contributed by atoms with Crippen LogP contribution >= 0.6 is 15.9 Å². The minimum absolute atomic E-state index is 0.118. The van der Waals surface area contributed by atoms with Crippen molar-refractivity contribution < 1.29 is 9.13 Å². The number of hydrogen-bond donors (Lipinski definition) is 1. The minimum atomic E-state index is -0.202. The van der Waals surface area contributed by atoms with Gasteiger partial charge in [-0.15, -0.1) is 0 Å². The monoisotopic (exact) mass is 323 g/mol. The second-order valence-corrected chi connectivity index (χ2v) is 5.09. The Balaban J connectivity index is 2.19. The molecule has 0 fully saturated rings. The lowest BCUT2D eigenvalue weighted by Gasteiger charge is -2.17. The lowest BCUT2D eigenvalue weighted by molar-refractivity contribution is 0.412. The van der Waals surface area contributed by atoms with E-state index in [4.69, 9.17) is 4.74 Å². The first kappa shape index (κ1) is 13.9. The standard InChI is InChI=1S/C15H15BrFNO/c1-10(12-5-3-4-6-14(12)17)18-11-7-8-13(16)15(9-11)19-2/h3-10,18H,1-2H3. The van der Waals surface area contributed by atoms with Crippen molar-refractivity contribution in [1.82, 2.24) is 0 Å². The van der Waals surface area contributed by atoms with Crippen LogP contribution in [0, 0.1) is 5.82 Å². The van der Waals surface area contributed by atoms with E-state index in [9.17, 15) is 4.39 Å². The largest absolute Gasteiger partial charge is 0.495 e. The molecule has 0 radical (unpaired) electrons. The predicted molar refractivity (Wildman–Crippen MR) is 79.1 cm³/mol. The van der Waals surface area contributed by atoms with Crippen LogP contribution in [0.15, 0.2) is 46.9 Å². The molecule has 0 aromatic heterocycles. The number of anilines is 1. The maximum absolute atomic E-state index is 13.7. The van der Waals surface area contributed by atoms with Gasteiger partial charge in [-0.2, -0.15) is 0 Å². The number of hydrogen-bond acceptors (Lipinski definition) is 2. The lowest BCUT2D eigenvalue weighted by atomic mass is 10.1. The Morgan fingerprint density at radius 1 is 1.21 bits per heavy atom. The lowest BCUT2D eigenvalue weighted by Crippen LogP contribution is -2.08. The van der Waals surface area contributed by atoms with Crippen LogP contribution in [0.25, 0.3) is 0 Å². The molecule has 2 aromatic rings. The third-order valence-corrected chi connectivity index (χ3v) is 3.56. The molecule has 0 bridgehead atoms. The molecule has 0 saturated heterocycles. The fourth-order valence-electron chi connectivity index (χ4n) is 1.90. The summed E-state index contributed by atoms with van der Waals surface area (Å²) < 4.78 is 19.8. The van der Waals surface area contributed by atoms with Gasteiger partial charge in [-0.1, -0.05) is 18.2 Å². The average molecular weight is 324 g/mol. The Labute approximate surface area is 120 Å². The molecular formula is C15H15BrFNO. The maximum Gasteiger partial charge on any atom is 0.135 e. The van der Waals surface area contributed by atoms with Crippen LogP contribution in [0.5, 0.6) is 5.75 Å². The first-order valence-corrected chi connectivity index (χ1v) is 6.75. The molecule has 100 valence electrons. The number of methoxy groups -OCH3 is 1. The van der Waals surface area contributed by atoms with Gasteiger partial charge in [0.15, 0.2) is 0 Å². The Kier molecular flexibility index (Phi) is 4.43. The second kappa shape index (κ2) is 6.06. The molecule has 0 aliphatic heterocycles. The number of rotatable bonds is 4. The van der Waals surface area contributed by atoms with Crippen LogP contribution in [-0.4, -0.2) is 7.11 Å². The van der Waals surface area contributed by atoms with Gasteiger partial charge >= 0.3 is 0 Å². The maximum atomic E-state index is 13.7. The van der Waals surface area contributed by atoms with Crippen molar-refractivity contribution in [3.05, 3.63) is 58.3 Å². The molecule has 0 amide bonds. The third kappa shape index (κ3) is 3.26. The summed E-state index contributed by atoms with van der Waals surface area (Å²) in [6.45, 7) is 1.92. The van der Waals surface area contributed by atoms with E-state index >= 15 is 0 Å². The summed E-state index contributed by atoms with van der Waals surface area (Å²) >= 11 is 3.40. The van der Waals surface area contributed by atoms with Crippen LogP contribution in [0.3, 0.4) is 0 Å². The molecule has 0 heterocycles. The Morgan fingerprint density at radius 2 is 1.95 bits per heavy atom. The van der Waals surface area contributed by atoms with E-state index in [0.717, 1.165) is 15.9 Å². The quantitative estimate of drug-likeness (QED) is 0.875. The highest BCUT2D eigenvalue weighted by molar-refractivity contribution is 9.10. The first-order chi connectivity index (χ1) is 9.11. The highest BCUT2D eigenvalue weighted by Gasteiger charge is 2.10. The molecule has 0 aliphatic carbocycles. The number of benzene rings is 2. The number of nitrogens with one attached hydrogen (secondary N) is 1. The van der Waals surface area contributed by atoms with Crippen LogP contribution in [-0.2, 0) is 0 Å². The van der Waals surface area contributed by atoms with Crippen molar-refractivity contribution >= 4 is 21.6 Å². The highest BCUT2D eigenvalue weighted by atomic mass is 79.9. The van der Waals surface area contributed by atoms with Gasteiger partial charge in [0.2, 0.25) is 0 Å². The third-order valence-electron chi connectivity index (χ3n) is 2.91. The molecule has 2 rings (SSSR count). The van der Waals surface area contributed by atoms with E-state index in [2.05, 4.69) is 21.2 Å². The molecule has 2 nitrogen and oxygen atoms in total. The van der Waals surface area contributed by atoms with E-state index in [0.29, 0.717) is 5.56 Å². The van der Waals surface area contributed by atoms with Crippen LogP contribution in [0.2, 0.25) is 0 Å². The van der Waals surface area contributed by atoms with Crippen molar-refractivity contribution in [2.24, 2.45) is 0 Å². The summed E-state index contributed by atoms with van der Waals surface area (Å²) in [4.78, 5) is 0. The van der Waals surface area contributed by atoms with E-state index < -0.39 is 0 Å². The zero-order chi connectivity index (χ0) is 13.8. The minimum Gasteiger partial charge on any atom is -0.495 e. The topological polar surface area (TPSA) is 21.3 Å². The van der Waals surface area contributed by atoms with E-state index in [1.54, 1.807) is 19.2 Å². The predicted octanol–water partition coefficient (Wildman–Crippen LogP) is 4.77. The number of halogens is 2. The van der Waals surface area contributed by atoms with Crippen molar-refractivity contribution in [2.75, 3.05) is 12.4 Å². The molecular weight excluding hydrogens is 309 g/mol. The summed E-state index contributed by atoms with van der Waals surface area (Å²) in [6.07, 6.45) is 0. The van der Waals surface area contributed by atoms with E-state index in [1.165, 1.54) is 6.07 Å². The van der Waals surface area contributed by atoms with Gasteiger partial charge in [0.25, 0.3) is 0 Å². The van der Waals surface area contributed by atoms with Gasteiger partial charge in [0.05, 0.1) is 17.6 Å². The van der Waals surface area contributed by atoms with Gasteiger partial charge < -0.3 is 10.1 Å². The van der Waals surface area contributed by atoms with E-state index in [1.807, 2.05) is 31.2 Å². The van der Waals surface area contributed by atoms with Crippen LogP contribution in [0.4, 0.5) is 10.1 Å². The SMILES string of the molecule is COc1cc(NC(C)c2ccccc2F)ccc1Br. The van der Waals surface area contributed by atoms with Crippen molar-refractivity contribution in [2.45, 2.75) is 13.0 Å². The van der Waals surface area contributed by atoms with Gasteiger partial charge in [-0.3, -0.25) is 0 Å². The summed E-state index contributed by atoms with van der Waals surface area (Å²) in [5.74, 6) is 0.539. The van der Waals surface area contributed by atoms with Crippen molar-refractivity contribution in [3.8, 4) is 5.75 Å². The fourth-order valence-corrected chi connectivity index (χ4v) is 2.31. The molecule has 2 aromatic carbocycles. The Bertz CT molecular complexity index is 574. The van der Waals surface area contributed by atoms with Gasteiger partial charge in [-0.25, -0.2) is 4.39 Å². The Hall–Kier alpha value is -1.55. The molecule has 1 atom stereocenters. The number of ether oxygens (including phenoxy) is 1. The summed E-state index contributed by atoms with van der Waals surface area (Å²) in [7, 11) is 1.62. The second-order valence-electron chi connectivity index (χ2n) is 4.24. The van der Waals surface area contributed by atoms with Gasteiger partial charge in [0.1, 0.15) is 11.6 Å². The molecule has 1 N–H and O–H groups in total. The smallest absolute Gasteiger partial charge is 0.135 e. The Morgan fingerprint density at radius 3 is 2.63 bits per heavy atom. The molecule has 1 unspecified atom stereocenters. The zero-order valence-electron chi connectivity index (χ0n) is 10.8. The van der Waals surface area contributed by atoms with Crippen LogP contribution in [0.1, 0.15) is 18.5 Å². The molecule has 19 heavy (non-hydrogen) atoms. The normalized spacial score (nSPS) is 12.0. The zero-order valence-corrected chi connectivity index (χ0v) is 12.4. The molecule has 0 aliphatic rings. The van der Waals surface area contributed by atoms with Gasteiger partial charge in [-0.05, 0) is 41.1 Å².